The van der Waals surface area contributed by atoms with Crippen molar-refractivity contribution in [1.82, 2.24) is 10.2 Å². The first-order chi connectivity index (χ1) is 16.1. The first-order valence-corrected chi connectivity index (χ1v) is 13.6. The number of para-hydroxylation sites is 1. The predicted molar refractivity (Wildman–Crippen MR) is 137 cm³/mol. The highest BCUT2D eigenvalue weighted by Gasteiger charge is 2.32. The maximum Gasteiger partial charge on any atom is 0.244 e. The number of hydrogen-bond donors (Lipinski definition) is 1. The van der Waals surface area contributed by atoms with Crippen molar-refractivity contribution in [1.29, 1.82) is 0 Å². The number of nitrogens with zero attached hydrogens (tertiary/aromatic N) is 2. The van der Waals surface area contributed by atoms with E-state index < -0.39 is 22.0 Å². The van der Waals surface area contributed by atoms with Gasteiger partial charge in [-0.3, -0.25) is 13.9 Å². The zero-order valence-corrected chi connectivity index (χ0v) is 21.6. The Morgan fingerprint density at radius 2 is 1.59 bits per heavy atom. The highest BCUT2D eigenvalue weighted by Crippen LogP contribution is 2.22. The molecule has 2 aromatic rings. The highest BCUT2D eigenvalue weighted by atomic mass is 32.2. The van der Waals surface area contributed by atoms with E-state index in [1.54, 1.807) is 25.1 Å². The minimum absolute atomic E-state index is 0.0212. The molecule has 0 fully saturated rings. The molecule has 0 aliphatic heterocycles. The van der Waals surface area contributed by atoms with Crippen LogP contribution in [0.1, 0.15) is 44.7 Å². The number of anilines is 1. The third kappa shape index (κ3) is 7.58. The summed E-state index contributed by atoms with van der Waals surface area (Å²) in [4.78, 5) is 28.2. The maximum atomic E-state index is 13.6. The van der Waals surface area contributed by atoms with Crippen molar-refractivity contribution in [2.45, 2.75) is 59.0 Å². The van der Waals surface area contributed by atoms with Gasteiger partial charge in [-0.2, -0.15) is 0 Å². The van der Waals surface area contributed by atoms with Crippen molar-refractivity contribution in [3.05, 3.63) is 65.7 Å². The topological polar surface area (TPSA) is 86.8 Å². The van der Waals surface area contributed by atoms with Gasteiger partial charge in [-0.1, -0.05) is 62.4 Å². The Bertz CT molecular complexity index is 1060. The molecular weight excluding hydrogens is 450 g/mol. The Balaban J connectivity index is 2.37. The van der Waals surface area contributed by atoms with Gasteiger partial charge in [0.2, 0.25) is 21.8 Å². The lowest BCUT2D eigenvalue weighted by Gasteiger charge is -2.33. The second-order valence-corrected chi connectivity index (χ2v) is 10.5. The van der Waals surface area contributed by atoms with Crippen LogP contribution in [0.5, 0.6) is 0 Å². The minimum atomic E-state index is -3.73. The van der Waals surface area contributed by atoms with Gasteiger partial charge in [-0.15, -0.1) is 0 Å². The molecule has 7 nitrogen and oxygen atoms in total. The Morgan fingerprint density at radius 3 is 2.15 bits per heavy atom. The molecule has 0 radical (unpaired) electrons. The second kappa shape index (κ2) is 12.6. The Kier molecular flexibility index (Phi) is 10.1. The van der Waals surface area contributed by atoms with E-state index in [2.05, 4.69) is 5.32 Å². The van der Waals surface area contributed by atoms with E-state index >= 15 is 0 Å². The average Bonchev–Trinajstić information content (AvgIpc) is 2.80. The van der Waals surface area contributed by atoms with Crippen LogP contribution in [0, 0.1) is 6.92 Å². The van der Waals surface area contributed by atoms with E-state index in [9.17, 15) is 18.0 Å². The molecule has 2 rings (SSSR count). The number of hydrogen-bond acceptors (Lipinski definition) is 4. The maximum absolute atomic E-state index is 13.6. The Labute approximate surface area is 204 Å². The van der Waals surface area contributed by atoms with Crippen LogP contribution in [0.25, 0.3) is 0 Å². The fraction of sp³-hybridized carbons (Fsp3) is 0.462. The van der Waals surface area contributed by atoms with Crippen LogP contribution in [0.4, 0.5) is 5.69 Å². The average molecular weight is 488 g/mol. The quantitative estimate of drug-likeness (QED) is 0.496. The third-order valence-electron chi connectivity index (χ3n) is 5.93. The van der Waals surface area contributed by atoms with Crippen molar-refractivity contribution >= 4 is 27.5 Å². The van der Waals surface area contributed by atoms with Crippen molar-refractivity contribution in [2.75, 3.05) is 23.7 Å². The van der Waals surface area contributed by atoms with Crippen LogP contribution >= 0.6 is 0 Å². The lowest BCUT2D eigenvalue weighted by Crippen LogP contribution is -2.54. The molecule has 0 aliphatic carbocycles. The van der Waals surface area contributed by atoms with Gasteiger partial charge in [-0.25, -0.2) is 8.42 Å². The first-order valence-electron chi connectivity index (χ1n) is 11.8. The second-order valence-electron chi connectivity index (χ2n) is 8.62. The molecule has 0 saturated heterocycles. The van der Waals surface area contributed by atoms with E-state index in [1.165, 1.54) is 4.90 Å². The zero-order valence-electron chi connectivity index (χ0n) is 20.8. The fourth-order valence-corrected chi connectivity index (χ4v) is 4.68. The number of aryl methyl sites for hydroxylation is 1. The summed E-state index contributed by atoms with van der Waals surface area (Å²) in [7, 11) is -3.73. The van der Waals surface area contributed by atoms with Crippen LogP contribution in [-0.2, 0) is 26.0 Å². The number of carbonyl (C=O) groups is 2. The summed E-state index contributed by atoms with van der Waals surface area (Å²) >= 11 is 0. The summed E-state index contributed by atoms with van der Waals surface area (Å²) in [6.45, 7) is 7.51. The molecule has 0 spiro atoms. The summed E-state index contributed by atoms with van der Waals surface area (Å²) < 4.78 is 26.4. The standard InChI is InChI=1S/C26H37N3O4S/c1-6-21(4)27-26(31)23(7-2)28(18-17-22-14-9-8-10-15-22)25(30)19-29(34(5,32)33)24-16-12-11-13-20(24)3/h8-16,21,23H,6-7,17-19H2,1-5H3,(H,27,31)/t21-,23-/m1/s1. The SMILES string of the molecule is CC[C@@H](C)NC(=O)[C@@H](CC)N(CCc1ccccc1)C(=O)CN(c1ccccc1C)S(C)(=O)=O. The van der Waals surface area contributed by atoms with Gasteiger partial charge in [0.15, 0.2) is 0 Å². The monoisotopic (exact) mass is 487 g/mol. The Hall–Kier alpha value is -2.87. The molecule has 2 aromatic carbocycles. The zero-order chi connectivity index (χ0) is 25.3. The van der Waals surface area contributed by atoms with Crippen LogP contribution in [-0.4, -0.2) is 56.6 Å². The van der Waals surface area contributed by atoms with Gasteiger partial charge < -0.3 is 10.2 Å². The molecule has 0 unspecified atom stereocenters. The number of amides is 2. The smallest absolute Gasteiger partial charge is 0.244 e. The highest BCUT2D eigenvalue weighted by molar-refractivity contribution is 7.92. The molecule has 0 bridgehead atoms. The number of rotatable bonds is 12. The first kappa shape index (κ1) is 27.4. The van der Waals surface area contributed by atoms with E-state index in [4.69, 9.17) is 0 Å². The fourth-order valence-electron chi connectivity index (χ4n) is 3.78. The van der Waals surface area contributed by atoms with E-state index in [0.29, 0.717) is 25.1 Å². The van der Waals surface area contributed by atoms with E-state index in [1.807, 2.05) is 57.2 Å². The summed E-state index contributed by atoms with van der Waals surface area (Å²) in [5, 5.41) is 2.97. The van der Waals surface area contributed by atoms with Crippen LogP contribution in [0.2, 0.25) is 0 Å². The summed E-state index contributed by atoms with van der Waals surface area (Å²) in [6.07, 6.45) is 2.85. The molecular formula is C26H37N3O4S. The number of benzene rings is 2. The van der Waals surface area contributed by atoms with Crippen molar-refractivity contribution in [3.8, 4) is 0 Å². The molecule has 2 atom stereocenters. The lowest BCUT2D eigenvalue weighted by molar-refractivity contribution is -0.139. The molecule has 186 valence electrons. The van der Waals surface area contributed by atoms with Crippen LogP contribution in [0.15, 0.2) is 54.6 Å². The molecule has 34 heavy (non-hydrogen) atoms. The van der Waals surface area contributed by atoms with Gasteiger partial charge in [-0.05, 0) is 50.3 Å². The normalized spacial score (nSPS) is 13.1. The van der Waals surface area contributed by atoms with Crippen molar-refractivity contribution in [3.63, 3.8) is 0 Å². The van der Waals surface area contributed by atoms with Gasteiger partial charge in [0.1, 0.15) is 12.6 Å². The van der Waals surface area contributed by atoms with E-state index in [0.717, 1.165) is 28.1 Å². The molecule has 1 N–H and O–H groups in total. The molecule has 0 heterocycles. The number of nitrogens with one attached hydrogen (secondary N) is 1. The molecule has 0 aromatic heterocycles. The van der Waals surface area contributed by atoms with Gasteiger partial charge in [0.25, 0.3) is 0 Å². The predicted octanol–water partition coefficient (Wildman–Crippen LogP) is 3.53. The number of sulfonamides is 1. The molecule has 0 aliphatic rings. The summed E-state index contributed by atoms with van der Waals surface area (Å²) in [5.41, 5.74) is 2.24. The van der Waals surface area contributed by atoms with Gasteiger partial charge in [0, 0.05) is 12.6 Å². The minimum Gasteiger partial charge on any atom is -0.352 e. The molecule has 2 amide bonds. The Morgan fingerprint density at radius 1 is 0.971 bits per heavy atom. The largest absolute Gasteiger partial charge is 0.352 e. The van der Waals surface area contributed by atoms with Gasteiger partial charge >= 0.3 is 0 Å². The van der Waals surface area contributed by atoms with E-state index in [-0.39, 0.29) is 18.5 Å². The molecule has 0 saturated carbocycles. The van der Waals surface area contributed by atoms with Crippen LogP contribution in [0.3, 0.4) is 0 Å². The van der Waals surface area contributed by atoms with Crippen LogP contribution < -0.4 is 9.62 Å². The number of carbonyl (C=O) groups excluding carboxylic acids is 2. The lowest BCUT2D eigenvalue weighted by atomic mass is 10.1. The molecule has 8 heteroatoms. The van der Waals surface area contributed by atoms with Crippen molar-refractivity contribution < 1.29 is 18.0 Å². The summed E-state index contributed by atoms with van der Waals surface area (Å²) in [6, 6.07) is 16.1. The van der Waals surface area contributed by atoms with Crippen molar-refractivity contribution in [2.24, 2.45) is 0 Å². The van der Waals surface area contributed by atoms with Gasteiger partial charge in [0.05, 0.1) is 11.9 Å². The summed E-state index contributed by atoms with van der Waals surface area (Å²) in [5.74, 6) is -0.629. The third-order valence-corrected chi connectivity index (χ3v) is 7.06.